The molecule has 26 heavy (non-hydrogen) atoms. The predicted molar refractivity (Wildman–Crippen MR) is 92.8 cm³/mol. The van der Waals surface area contributed by atoms with Gasteiger partial charge in [-0.25, -0.2) is 0 Å². The second kappa shape index (κ2) is 8.38. The van der Waals surface area contributed by atoms with Gasteiger partial charge in [0.25, 0.3) is 5.91 Å². The summed E-state index contributed by atoms with van der Waals surface area (Å²) in [6.45, 7) is 2.48. The van der Waals surface area contributed by atoms with Crippen LogP contribution < -0.4 is 5.32 Å². The number of likely N-dealkylation sites (tertiary alicyclic amines) is 1. The quantitative estimate of drug-likeness (QED) is 0.781. The summed E-state index contributed by atoms with van der Waals surface area (Å²) in [6, 6.07) is 3.70. The minimum atomic E-state index is -0.529. The van der Waals surface area contributed by atoms with Crippen molar-refractivity contribution in [1.29, 1.82) is 0 Å². The standard InChI is InChI=1S/C19H26N2O5/c1-13-5-2-3-7-16(13)20-17(22)12-26-19(24)14-9-18(23)21(10-14)11-15-6-4-8-25-15/h4,6,8,13-14,16H,2-3,5,7,9-12H2,1H3,(H,20,22)/t13-,14-,16+/m1/s1. The van der Waals surface area contributed by atoms with E-state index in [1.165, 1.54) is 6.42 Å². The molecule has 1 aliphatic heterocycles. The Labute approximate surface area is 153 Å². The summed E-state index contributed by atoms with van der Waals surface area (Å²) in [6.07, 6.45) is 6.06. The van der Waals surface area contributed by atoms with Gasteiger partial charge in [0.15, 0.2) is 6.61 Å². The van der Waals surface area contributed by atoms with E-state index in [4.69, 9.17) is 9.15 Å². The van der Waals surface area contributed by atoms with Gasteiger partial charge in [0.1, 0.15) is 5.76 Å². The molecule has 142 valence electrons. The molecule has 1 N–H and O–H groups in total. The zero-order valence-electron chi connectivity index (χ0n) is 15.1. The number of ether oxygens (including phenoxy) is 1. The number of nitrogens with one attached hydrogen (secondary N) is 1. The second-order valence-corrected chi connectivity index (χ2v) is 7.30. The SMILES string of the molecule is C[C@@H]1CCCC[C@@H]1NC(=O)COC(=O)[C@@H]1CC(=O)N(Cc2ccco2)C1. The van der Waals surface area contributed by atoms with Crippen LogP contribution in [0.2, 0.25) is 0 Å². The van der Waals surface area contributed by atoms with E-state index in [2.05, 4.69) is 12.2 Å². The molecule has 3 rings (SSSR count). The lowest BCUT2D eigenvalue weighted by Crippen LogP contribution is -2.43. The van der Waals surface area contributed by atoms with Crippen LogP contribution in [0.3, 0.4) is 0 Å². The van der Waals surface area contributed by atoms with Gasteiger partial charge in [-0.3, -0.25) is 14.4 Å². The molecule has 1 saturated carbocycles. The fraction of sp³-hybridized carbons (Fsp3) is 0.632. The van der Waals surface area contributed by atoms with Crippen molar-refractivity contribution in [2.75, 3.05) is 13.2 Å². The van der Waals surface area contributed by atoms with Gasteiger partial charge in [0.05, 0.1) is 18.7 Å². The minimum absolute atomic E-state index is 0.108. The van der Waals surface area contributed by atoms with E-state index >= 15 is 0 Å². The molecule has 2 aliphatic rings. The average molecular weight is 362 g/mol. The lowest BCUT2D eigenvalue weighted by Gasteiger charge is -2.29. The Morgan fingerprint density at radius 2 is 2.15 bits per heavy atom. The highest BCUT2D eigenvalue weighted by molar-refractivity contribution is 5.88. The van der Waals surface area contributed by atoms with Crippen LogP contribution in [0, 0.1) is 11.8 Å². The Hall–Kier alpha value is -2.31. The number of amides is 2. The van der Waals surface area contributed by atoms with Crippen LogP contribution in [0.1, 0.15) is 44.8 Å². The third-order valence-electron chi connectivity index (χ3n) is 5.28. The summed E-state index contributed by atoms with van der Waals surface area (Å²) in [4.78, 5) is 37.9. The van der Waals surface area contributed by atoms with Crippen molar-refractivity contribution < 1.29 is 23.5 Å². The first-order chi connectivity index (χ1) is 12.5. The fourth-order valence-corrected chi connectivity index (χ4v) is 3.71. The second-order valence-electron chi connectivity index (χ2n) is 7.30. The van der Waals surface area contributed by atoms with E-state index in [1.807, 2.05) is 0 Å². The number of hydrogen-bond acceptors (Lipinski definition) is 5. The van der Waals surface area contributed by atoms with Gasteiger partial charge < -0.3 is 19.4 Å². The van der Waals surface area contributed by atoms with Gasteiger partial charge in [-0.15, -0.1) is 0 Å². The normalized spacial score (nSPS) is 26.0. The van der Waals surface area contributed by atoms with Crippen molar-refractivity contribution in [2.45, 2.75) is 51.6 Å². The molecule has 0 spiro atoms. The molecule has 2 fully saturated rings. The molecule has 3 atom stereocenters. The Kier molecular flexibility index (Phi) is 5.96. The van der Waals surface area contributed by atoms with Crippen LogP contribution >= 0.6 is 0 Å². The molecule has 7 heteroatoms. The van der Waals surface area contributed by atoms with Gasteiger partial charge in [-0.1, -0.05) is 19.8 Å². The molecule has 0 unspecified atom stereocenters. The summed E-state index contributed by atoms with van der Waals surface area (Å²) < 4.78 is 10.4. The van der Waals surface area contributed by atoms with Crippen molar-refractivity contribution in [1.82, 2.24) is 10.2 Å². The first kappa shape index (κ1) is 18.5. The summed E-state index contributed by atoms with van der Waals surface area (Å²) in [5.41, 5.74) is 0. The fourth-order valence-electron chi connectivity index (χ4n) is 3.71. The maximum absolute atomic E-state index is 12.2. The van der Waals surface area contributed by atoms with Crippen LogP contribution in [-0.2, 0) is 25.7 Å². The van der Waals surface area contributed by atoms with Crippen molar-refractivity contribution in [2.24, 2.45) is 11.8 Å². The Morgan fingerprint density at radius 1 is 1.35 bits per heavy atom. The number of furan rings is 1. The number of carbonyl (C=O) groups excluding carboxylic acids is 3. The van der Waals surface area contributed by atoms with Gasteiger partial charge in [0, 0.05) is 19.0 Å². The molecule has 1 aromatic rings. The molecule has 1 aromatic heterocycles. The number of nitrogens with zero attached hydrogens (tertiary/aromatic N) is 1. The van der Waals surface area contributed by atoms with Crippen LogP contribution in [0.5, 0.6) is 0 Å². The van der Waals surface area contributed by atoms with Crippen LogP contribution in [0.15, 0.2) is 22.8 Å². The smallest absolute Gasteiger partial charge is 0.311 e. The molecular weight excluding hydrogens is 336 g/mol. The Balaban J connectivity index is 1.42. The highest BCUT2D eigenvalue weighted by Gasteiger charge is 2.36. The first-order valence-electron chi connectivity index (χ1n) is 9.29. The van der Waals surface area contributed by atoms with Crippen LogP contribution in [0.25, 0.3) is 0 Å². The van der Waals surface area contributed by atoms with Gasteiger partial charge in [-0.05, 0) is 30.9 Å². The molecule has 0 aromatic carbocycles. The third-order valence-corrected chi connectivity index (χ3v) is 5.28. The van der Waals surface area contributed by atoms with E-state index < -0.39 is 11.9 Å². The monoisotopic (exact) mass is 362 g/mol. The van der Waals surface area contributed by atoms with Crippen LogP contribution in [-0.4, -0.2) is 41.9 Å². The summed E-state index contributed by atoms with van der Waals surface area (Å²) in [5.74, 6) is -0.275. The van der Waals surface area contributed by atoms with Gasteiger partial charge in [-0.2, -0.15) is 0 Å². The summed E-state index contributed by atoms with van der Waals surface area (Å²) in [7, 11) is 0. The zero-order chi connectivity index (χ0) is 18.5. The highest BCUT2D eigenvalue weighted by Crippen LogP contribution is 2.24. The van der Waals surface area contributed by atoms with E-state index in [9.17, 15) is 14.4 Å². The average Bonchev–Trinajstić information content (AvgIpc) is 3.25. The van der Waals surface area contributed by atoms with Gasteiger partial charge >= 0.3 is 5.97 Å². The van der Waals surface area contributed by atoms with Crippen LogP contribution in [0.4, 0.5) is 0 Å². The van der Waals surface area contributed by atoms with Crippen molar-refractivity contribution >= 4 is 17.8 Å². The Morgan fingerprint density at radius 3 is 2.88 bits per heavy atom. The van der Waals surface area contributed by atoms with E-state index in [0.29, 0.717) is 24.8 Å². The largest absolute Gasteiger partial charge is 0.467 e. The maximum atomic E-state index is 12.2. The van der Waals surface area contributed by atoms with Crippen molar-refractivity contribution in [3.8, 4) is 0 Å². The lowest BCUT2D eigenvalue weighted by molar-refractivity contribution is -0.152. The van der Waals surface area contributed by atoms with Gasteiger partial charge in [0.2, 0.25) is 5.91 Å². The molecule has 1 aliphatic carbocycles. The van der Waals surface area contributed by atoms with E-state index in [-0.39, 0.29) is 30.9 Å². The molecule has 1 saturated heterocycles. The number of esters is 1. The first-order valence-corrected chi connectivity index (χ1v) is 9.29. The molecule has 7 nitrogen and oxygen atoms in total. The number of hydrogen-bond donors (Lipinski definition) is 1. The molecular formula is C19H26N2O5. The molecule has 0 bridgehead atoms. The summed E-state index contributed by atoms with van der Waals surface area (Å²) >= 11 is 0. The molecule has 2 heterocycles. The molecule has 0 radical (unpaired) electrons. The highest BCUT2D eigenvalue weighted by atomic mass is 16.5. The predicted octanol–water partition coefficient (Wildman–Crippen LogP) is 1.87. The van der Waals surface area contributed by atoms with E-state index in [1.54, 1.807) is 23.3 Å². The zero-order valence-corrected chi connectivity index (χ0v) is 15.1. The number of rotatable bonds is 6. The molecule has 2 amide bonds. The maximum Gasteiger partial charge on any atom is 0.311 e. The third kappa shape index (κ3) is 4.65. The van der Waals surface area contributed by atoms with Crippen molar-refractivity contribution in [3.63, 3.8) is 0 Å². The van der Waals surface area contributed by atoms with E-state index in [0.717, 1.165) is 19.3 Å². The summed E-state index contributed by atoms with van der Waals surface area (Å²) in [5, 5.41) is 2.96. The topological polar surface area (TPSA) is 88.8 Å². The number of carbonyl (C=O) groups is 3. The Bertz CT molecular complexity index is 642. The van der Waals surface area contributed by atoms with Crippen molar-refractivity contribution in [3.05, 3.63) is 24.2 Å². The minimum Gasteiger partial charge on any atom is -0.467 e. The lowest BCUT2D eigenvalue weighted by atomic mass is 9.86.